The van der Waals surface area contributed by atoms with E-state index in [-0.39, 0.29) is 22.3 Å². The molecule has 3 fully saturated rings. The van der Waals surface area contributed by atoms with Gasteiger partial charge in [0.15, 0.2) is 30.2 Å². The zero-order valence-electron chi connectivity index (χ0n) is 30.8. The van der Waals surface area contributed by atoms with Crippen LogP contribution in [0.3, 0.4) is 0 Å². The molecule has 1 spiro atoms. The molecule has 7 rings (SSSR count). The van der Waals surface area contributed by atoms with E-state index in [9.17, 15) is 19.2 Å². The molecule has 0 aromatic heterocycles. The van der Waals surface area contributed by atoms with E-state index in [0.29, 0.717) is 12.8 Å². The third-order valence-corrected chi connectivity index (χ3v) is 10.4. The summed E-state index contributed by atoms with van der Waals surface area (Å²) in [5.74, 6) is -4.02. The zero-order chi connectivity index (χ0) is 38.0. The van der Waals surface area contributed by atoms with Crippen LogP contribution in [0, 0.1) is 27.7 Å². The number of carbonyl (C=O) groups excluding carboxylic acids is 4. The molecule has 54 heavy (non-hydrogen) atoms. The molecular formula is C44H44O10. The molecule has 2 aliphatic carbocycles. The molecule has 3 aliphatic rings. The Morgan fingerprint density at radius 3 is 0.963 bits per heavy atom. The largest absolute Gasteiger partial charge is 0.452 e. The molecule has 0 N–H and O–H groups in total. The first-order valence-corrected chi connectivity index (χ1v) is 18.4. The lowest BCUT2D eigenvalue weighted by Crippen LogP contribution is -2.66. The second-order valence-corrected chi connectivity index (χ2v) is 14.6. The molecule has 6 atom stereocenters. The van der Waals surface area contributed by atoms with Gasteiger partial charge in [0.2, 0.25) is 0 Å². The maximum absolute atomic E-state index is 14.0. The fourth-order valence-electron chi connectivity index (χ4n) is 7.30. The minimum Gasteiger partial charge on any atom is -0.452 e. The van der Waals surface area contributed by atoms with E-state index in [4.69, 9.17) is 28.4 Å². The first-order valence-electron chi connectivity index (χ1n) is 18.4. The van der Waals surface area contributed by atoms with E-state index < -0.39 is 66.3 Å². The molecule has 1 aliphatic heterocycles. The normalized spacial score (nSPS) is 24.2. The summed E-state index contributed by atoms with van der Waals surface area (Å²) in [6.07, 6.45) is -4.13. The van der Waals surface area contributed by atoms with Gasteiger partial charge < -0.3 is 28.4 Å². The summed E-state index contributed by atoms with van der Waals surface area (Å²) in [4.78, 5) is 55.8. The van der Waals surface area contributed by atoms with Gasteiger partial charge in [0.05, 0.1) is 22.3 Å². The number of hydrogen-bond donors (Lipinski definition) is 0. The fourth-order valence-corrected chi connectivity index (χ4v) is 7.30. The van der Waals surface area contributed by atoms with Crippen molar-refractivity contribution in [3.05, 3.63) is 142 Å². The Labute approximate surface area is 314 Å². The summed E-state index contributed by atoms with van der Waals surface area (Å²) in [5.41, 5.74) is 4.70. The van der Waals surface area contributed by atoms with Crippen molar-refractivity contribution in [3.8, 4) is 0 Å². The topological polar surface area (TPSA) is 124 Å². The third kappa shape index (κ3) is 7.95. The third-order valence-electron chi connectivity index (χ3n) is 10.4. The van der Waals surface area contributed by atoms with Gasteiger partial charge >= 0.3 is 23.9 Å². The number of aryl methyl sites for hydroxylation is 4. The molecule has 0 amide bonds. The van der Waals surface area contributed by atoms with Gasteiger partial charge in [0.1, 0.15) is 12.2 Å². The Morgan fingerprint density at radius 1 is 0.426 bits per heavy atom. The summed E-state index contributed by atoms with van der Waals surface area (Å²) in [7, 11) is 0. The van der Waals surface area contributed by atoms with Crippen molar-refractivity contribution in [2.75, 3.05) is 0 Å². The summed E-state index contributed by atoms with van der Waals surface area (Å²) >= 11 is 0. The fraction of sp³-hybridized carbons (Fsp3) is 0.364. The average molecular weight is 733 g/mol. The maximum atomic E-state index is 14.0. The molecule has 0 radical (unpaired) electrons. The maximum Gasteiger partial charge on any atom is 0.338 e. The molecule has 0 bridgehead atoms. The van der Waals surface area contributed by atoms with Crippen LogP contribution in [0.2, 0.25) is 0 Å². The summed E-state index contributed by atoms with van der Waals surface area (Å²) in [6.45, 7) is 7.59. The predicted octanol–water partition coefficient (Wildman–Crippen LogP) is 7.58. The number of esters is 4. The van der Waals surface area contributed by atoms with Crippen LogP contribution in [0.25, 0.3) is 0 Å². The molecule has 10 nitrogen and oxygen atoms in total. The van der Waals surface area contributed by atoms with Gasteiger partial charge in [-0.2, -0.15) is 0 Å². The Hall–Kier alpha value is -5.32. The van der Waals surface area contributed by atoms with Crippen molar-refractivity contribution in [1.82, 2.24) is 0 Å². The van der Waals surface area contributed by atoms with Crippen molar-refractivity contribution >= 4 is 23.9 Å². The van der Waals surface area contributed by atoms with E-state index >= 15 is 0 Å². The van der Waals surface area contributed by atoms with Gasteiger partial charge in [-0.25, -0.2) is 19.2 Å². The highest BCUT2D eigenvalue weighted by atomic mass is 16.8. The van der Waals surface area contributed by atoms with E-state index in [0.717, 1.165) is 41.5 Å². The van der Waals surface area contributed by atoms with Crippen LogP contribution in [0.15, 0.2) is 97.1 Å². The van der Waals surface area contributed by atoms with Gasteiger partial charge in [0.25, 0.3) is 0 Å². The zero-order valence-corrected chi connectivity index (χ0v) is 30.8. The molecule has 4 aromatic rings. The molecule has 2 saturated carbocycles. The quantitative estimate of drug-likeness (QED) is 0.132. The Balaban J connectivity index is 1.34. The number of rotatable bonds is 8. The standard InChI is InChI=1S/C44H44O10/c1-26-8-16-30(17-9-26)40(45)49-34-35(50-41(46)31-18-10-27(2)11-19-31)37(52-43(48)33-22-14-29(4)15-23-33)39-38(53-44(54-39)24-6-5-7-25-44)36(34)51-42(47)32-20-12-28(3)13-21-32/h8-23,34-39H,5-7,24-25H2,1-4H3/t34-,35-,36+,37+,38-,39+/m0/s1. The van der Waals surface area contributed by atoms with Crippen LogP contribution < -0.4 is 0 Å². The van der Waals surface area contributed by atoms with E-state index in [1.54, 1.807) is 97.1 Å². The van der Waals surface area contributed by atoms with Crippen molar-refractivity contribution in [2.45, 2.75) is 102 Å². The number of carbonyl (C=O) groups is 4. The monoisotopic (exact) mass is 732 g/mol. The van der Waals surface area contributed by atoms with Crippen molar-refractivity contribution in [1.29, 1.82) is 0 Å². The first-order chi connectivity index (χ1) is 26.0. The molecular weight excluding hydrogens is 688 g/mol. The Morgan fingerprint density at radius 2 is 0.685 bits per heavy atom. The van der Waals surface area contributed by atoms with Crippen LogP contribution in [-0.4, -0.2) is 66.3 Å². The second-order valence-electron chi connectivity index (χ2n) is 14.6. The lowest BCUT2D eigenvalue weighted by molar-refractivity contribution is -0.203. The predicted molar refractivity (Wildman–Crippen MR) is 197 cm³/mol. The smallest absolute Gasteiger partial charge is 0.338 e. The second kappa shape index (κ2) is 15.6. The molecule has 280 valence electrons. The highest BCUT2D eigenvalue weighted by Crippen LogP contribution is 2.48. The number of hydrogen-bond acceptors (Lipinski definition) is 10. The van der Waals surface area contributed by atoms with Crippen LogP contribution in [0.4, 0.5) is 0 Å². The molecule has 0 unspecified atom stereocenters. The van der Waals surface area contributed by atoms with E-state index in [1.807, 2.05) is 27.7 Å². The van der Waals surface area contributed by atoms with E-state index in [1.165, 1.54) is 0 Å². The highest BCUT2D eigenvalue weighted by Gasteiger charge is 2.65. The van der Waals surface area contributed by atoms with Crippen LogP contribution in [0.5, 0.6) is 0 Å². The summed E-state index contributed by atoms with van der Waals surface area (Å²) in [5, 5.41) is 0. The molecule has 10 heteroatoms. The molecule has 1 heterocycles. The minimum absolute atomic E-state index is 0.218. The van der Waals surface area contributed by atoms with Gasteiger partial charge in [0, 0.05) is 12.8 Å². The molecule has 1 saturated heterocycles. The van der Waals surface area contributed by atoms with Crippen LogP contribution in [-0.2, 0) is 28.4 Å². The number of fused-ring (bicyclic) bond motifs is 1. The molecule has 4 aromatic carbocycles. The summed E-state index contributed by atoms with van der Waals surface area (Å²) < 4.78 is 38.5. The van der Waals surface area contributed by atoms with Gasteiger partial charge in [-0.3, -0.25) is 0 Å². The highest BCUT2D eigenvalue weighted by molar-refractivity contribution is 5.92. The Bertz CT molecular complexity index is 1840. The van der Waals surface area contributed by atoms with Gasteiger partial charge in [-0.15, -0.1) is 0 Å². The van der Waals surface area contributed by atoms with Crippen LogP contribution >= 0.6 is 0 Å². The van der Waals surface area contributed by atoms with Crippen molar-refractivity contribution in [3.63, 3.8) is 0 Å². The Kier molecular flexibility index (Phi) is 10.7. The van der Waals surface area contributed by atoms with Crippen molar-refractivity contribution < 1.29 is 47.6 Å². The SMILES string of the molecule is Cc1ccc(C(=O)O[C@H]2[C@H](OC(=O)c3ccc(C)cc3)[C@@H](OC(=O)c3ccc(C)cc3)[C@@H]3OC4(CCCCC4)O[C@@H]3[C@@H]2OC(=O)c2ccc(C)cc2)cc1. The van der Waals surface area contributed by atoms with Crippen LogP contribution in [0.1, 0.15) is 95.8 Å². The average Bonchev–Trinajstić information content (AvgIpc) is 3.53. The van der Waals surface area contributed by atoms with Crippen molar-refractivity contribution in [2.24, 2.45) is 0 Å². The summed E-state index contributed by atoms with van der Waals surface area (Å²) in [6, 6.07) is 27.2. The minimum atomic E-state index is -1.50. The lowest BCUT2D eigenvalue weighted by atomic mass is 9.84. The number of ether oxygens (including phenoxy) is 6. The van der Waals surface area contributed by atoms with Gasteiger partial charge in [-0.05, 0) is 89.1 Å². The lowest BCUT2D eigenvalue weighted by Gasteiger charge is -2.44. The number of benzene rings is 4. The van der Waals surface area contributed by atoms with E-state index in [2.05, 4.69) is 0 Å². The van der Waals surface area contributed by atoms with Gasteiger partial charge in [-0.1, -0.05) is 77.2 Å². The first kappa shape index (κ1) is 37.0.